The van der Waals surface area contributed by atoms with Gasteiger partial charge >= 0.3 is 5.97 Å². The van der Waals surface area contributed by atoms with Crippen molar-refractivity contribution in [3.8, 4) is 12.3 Å². The van der Waals surface area contributed by atoms with Gasteiger partial charge in [0.15, 0.2) is 5.60 Å². The lowest BCUT2D eigenvalue weighted by Crippen LogP contribution is -2.39. The molecule has 16 heavy (non-hydrogen) atoms. The fraction of sp³-hybridized carbons (Fsp3) is 0.786. The molecule has 0 heterocycles. The number of rotatable bonds is 1. The van der Waals surface area contributed by atoms with E-state index in [1.165, 1.54) is 6.92 Å². The predicted octanol–water partition coefficient (Wildman–Crippen LogP) is 3.16. The number of carbonyl (C=O) groups is 1. The fourth-order valence-electron chi connectivity index (χ4n) is 2.50. The molecule has 0 aliphatic heterocycles. The summed E-state index contributed by atoms with van der Waals surface area (Å²) < 4.78 is 5.31. The molecule has 1 rings (SSSR count). The van der Waals surface area contributed by atoms with Gasteiger partial charge in [0.05, 0.1) is 0 Å². The summed E-state index contributed by atoms with van der Waals surface area (Å²) in [6, 6.07) is 0. The van der Waals surface area contributed by atoms with Crippen molar-refractivity contribution < 1.29 is 9.53 Å². The lowest BCUT2D eigenvalue weighted by Gasteiger charge is -2.40. The van der Waals surface area contributed by atoms with Gasteiger partial charge < -0.3 is 4.74 Å². The molecule has 1 aliphatic carbocycles. The maximum absolute atomic E-state index is 11.0. The van der Waals surface area contributed by atoms with Gasteiger partial charge in [-0.3, -0.25) is 4.79 Å². The van der Waals surface area contributed by atoms with Crippen LogP contribution < -0.4 is 0 Å². The number of ether oxygens (including phenoxy) is 1. The molecule has 1 aliphatic rings. The van der Waals surface area contributed by atoms with Crippen LogP contribution >= 0.6 is 0 Å². The van der Waals surface area contributed by atoms with E-state index < -0.39 is 5.60 Å². The zero-order valence-electron chi connectivity index (χ0n) is 10.8. The average Bonchev–Trinajstić information content (AvgIpc) is 2.16. The van der Waals surface area contributed by atoms with Crippen LogP contribution in [0.3, 0.4) is 0 Å². The molecule has 0 aromatic heterocycles. The number of terminal acetylenes is 1. The molecule has 0 aromatic carbocycles. The molecule has 0 saturated heterocycles. The molecule has 2 nitrogen and oxygen atoms in total. The van der Waals surface area contributed by atoms with Crippen LogP contribution in [0.1, 0.15) is 53.4 Å². The van der Waals surface area contributed by atoms with Gasteiger partial charge in [-0.25, -0.2) is 0 Å². The van der Waals surface area contributed by atoms with Crippen molar-refractivity contribution in [2.75, 3.05) is 0 Å². The Kier molecular flexibility index (Phi) is 3.68. The highest BCUT2D eigenvalue weighted by Crippen LogP contribution is 2.42. The number of hydrogen-bond donors (Lipinski definition) is 0. The van der Waals surface area contributed by atoms with E-state index >= 15 is 0 Å². The Morgan fingerprint density at radius 3 is 2.19 bits per heavy atom. The largest absolute Gasteiger partial charge is 0.446 e. The van der Waals surface area contributed by atoms with Crippen molar-refractivity contribution in [1.82, 2.24) is 0 Å². The highest BCUT2D eigenvalue weighted by atomic mass is 16.6. The Balaban J connectivity index is 2.65. The van der Waals surface area contributed by atoms with E-state index in [0.29, 0.717) is 11.3 Å². The Hall–Kier alpha value is -0.970. The summed E-state index contributed by atoms with van der Waals surface area (Å²) in [5.74, 6) is 3.08. The predicted molar refractivity (Wildman–Crippen MR) is 64.7 cm³/mol. The van der Waals surface area contributed by atoms with E-state index in [4.69, 9.17) is 11.2 Å². The van der Waals surface area contributed by atoms with Gasteiger partial charge in [0, 0.05) is 6.92 Å². The van der Waals surface area contributed by atoms with Crippen LogP contribution in [0.25, 0.3) is 0 Å². The topological polar surface area (TPSA) is 26.3 Å². The molecule has 0 amide bonds. The first-order valence-corrected chi connectivity index (χ1v) is 5.96. The van der Waals surface area contributed by atoms with Crippen molar-refractivity contribution in [1.29, 1.82) is 0 Å². The average molecular weight is 222 g/mol. The van der Waals surface area contributed by atoms with Crippen molar-refractivity contribution in [2.45, 2.75) is 59.0 Å². The zero-order chi connectivity index (χ0) is 12.4. The highest BCUT2D eigenvalue weighted by Gasteiger charge is 2.39. The second-order valence-corrected chi connectivity index (χ2v) is 5.87. The molecule has 0 bridgehead atoms. The van der Waals surface area contributed by atoms with E-state index in [-0.39, 0.29) is 5.97 Å². The standard InChI is InChI=1S/C14H22O2/c1-6-14(16-11(2)15)9-7-12(8-10-14)13(3,4)5/h1,12H,7-10H2,2-5H3. The molecule has 1 fully saturated rings. The molecule has 0 atom stereocenters. The summed E-state index contributed by atoms with van der Waals surface area (Å²) in [7, 11) is 0. The SMILES string of the molecule is C#CC1(OC(C)=O)CCC(C(C)(C)C)CC1. The molecule has 0 unspecified atom stereocenters. The smallest absolute Gasteiger partial charge is 0.304 e. The minimum atomic E-state index is -0.631. The molecule has 0 spiro atoms. The van der Waals surface area contributed by atoms with Crippen LogP contribution in [0, 0.1) is 23.7 Å². The highest BCUT2D eigenvalue weighted by molar-refractivity contribution is 5.67. The van der Waals surface area contributed by atoms with E-state index in [0.717, 1.165) is 25.7 Å². The van der Waals surface area contributed by atoms with Crippen LogP contribution in [-0.2, 0) is 9.53 Å². The Morgan fingerprint density at radius 1 is 1.38 bits per heavy atom. The van der Waals surface area contributed by atoms with Crippen molar-refractivity contribution in [2.24, 2.45) is 11.3 Å². The maximum atomic E-state index is 11.0. The van der Waals surface area contributed by atoms with Crippen LogP contribution in [0.5, 0.6) is 0 Å². The molecular weight excluding hydrogens is 200 g/mol. The molecule has 0 N–H and O–H groups in total. The molecule has 1 saturated carbocycles. The van der Waals surface area contributed by atoms with Gasteiger partial charge in [-0.2, -0.15) is 0 Å². The normalized spacial score (nSPS) is 30.6. The minimum Gasteiger partial charge on any atom is -0.446 e. The third-order valence-electron chi connectivity index (χ3n) is 3.62. The lowest BCUT2D eigenvalue weighted by atomic mass is 9.68. The first kappa shape index (κ1) is 13.1. The number of carbonyl (C=O) groups excluding carboxylic acids is 1. The van der Waals surface area contributed by atoms with Crippen molar-refractivity contribution in [3.63, 3.8) is 0 Å². The number of esters is 1. The minimum absolute atomic E-state index is 0.271. The van der Waals surface area contributed by atoms with Gasteiger partial charge in [0.2, 0.25) is 0 Å². The maximum Gasteiger partial charge on any atom is 0.304 e. The Bertz CT molecular complexity index is 296. The monoisotopic (exact) mass is 222 g/mol. The van der Waals surface area contributed by atoms with Gasteiger partial charge in [0.1, 0.15) is 0 Å². The first-order chi connectivity index (χ1) is 7.29. The number of hydrogen-bond acceptors (Lipinski definition) is 2. The van der Waals surface area contributed by atoms with Crippen molar-refractivity contribution in [3.05, 3.63) is 0 Å². The van der Waals surface area contributed by atoms with Crippen LogP contribution in [0.4, 0.5) is 0 Å². The van der Waals surface area contributed by atoms with Gasteiger partial charge in [0.25, 0.3) is 0 Å². The third-order valence-corrected chi connectivity index (χ3v) is 3.62. The molecule has 90 valence electrons. The summed E-state index contributed by atoms with van der Waals surface area (Å²) in [4.78, 5) is 11.0. The van der Waals surface area contributed by atoms with Gasteiger partial charge in [-0.1, -0.05) is 26.7 Å². The summed E-state index contributed by atoms with van der Waals surface area (Å²) in [6.45, 7) is 8.19. The summed E-state index contributed by atoms with van der Waals surface area (Å²) in [6.07, 6.45) is 9.19. The van der Waals surface area contributed by atoms with E-state index in [1.54, 1.807) is 0 Å². The Morgan fingerprint density at radius 2 is 1.88 bits per heavy atom. The van der Waals surface area contributed by atoms with Crippen LogP contribution in [-0.4, -0.2) is 11.6 Å². The van der Waals surface area contributed by atoms with Crippen LogP contribution in [0.15, 0.2) is 0 Å². The quantitative estimate of drug-likeness (QED) is 0.503. The van der Waals surface area contributed by atoms with E-state index in [1.807, 2.05) is 0 Å². The van der Waals surface area contributed by atoms with Crippen LogP contribution in [0.2, 0.25) is 0 Å². The molecular formula is C14H22O2. The Labute approximate surface area is 98.8 Å². The van der Waals surface area contributed by atoms with E-state index in [2.05, 4.69) is 26.7 Å². The van der Waals surface area contributed by atoms with Gasteiger partial charge in [-0.15, -0.1) is 6.42 Å². The van der Waals surface area contributed by atoms with E-state index in [9.17, 15) is 4.79 Å². The summed E-state index contributed by atoms with van der Waals surface area (Å²) in [5.41, 5.74) is -0.315. The van der Waals surface area contributed by atoms with Crippen molar-refractivity contribution >= 4 is 5.97 Å². The summed E-state index contributed by atoms with van der Waals surface area (Å²) in [5, 5.41) is 0. The molecule has 0 radical (unpaired) electrons. The van der Waals surface area contributed by atoms with Gasteiger partial charge in [-0.05, 0) is 37.0 Å². The zero-order valence-corrected chi connectivity index (χ0v) is 10.8. The second kappa shape index (κ2) is 4.49. The second-order valence-electron chi connectivity index (χ2n) is 5.87. The molecule has 2 heteroatoms. The third kappa shape index (κ3) is 3.01. The molecule has 0 aromatic rings. The first-order valence-electron chi connectivity index (χ1n) is 5.96. The lowest BCUT2D eigenvalue weighted by molar-refractivity contribution is -0.155. The summed E-state index contributed by atoms with van der Waals surface area (Å²) >= 11 is 0. The fourth-order valence-corrected chi connectivity index (χ4v) is 2.50.